The van der Waals surface area contributed by atoms with Crippen LogP contribution < -0.4 is 4.57 Å². The van der Waals surface area contributed by atoms with Crippen molar-refractivity contribution in [3.05, 3.63) is 61.5 Å². The Labute approximate surface area is 238 Å². The van der Waals surface area contributed by atoms with Crippen molar-refractivity contribution in [2.75, 3.05) is 19.8 Å². The summed E-state index contributed by atoms with van der Waals surface area (Å²) in [4.78, 5) is 0. The van der Waals surface area contributed by atoms with Crippen LogP contribution in [-0.4, -0.2) is 33.2 Å². The van der Waals surface area contributed by atoms with E-state index in [0.29, 0.717) is 25.7 Å². The third kappa shape index (κ3) is 17.3. The summed E-state index contributed by atoms with van der Waals surface area (Å²) >= 11 is -0.346. The monoisotopic (exact) mass is 649 g/mol. The molecule has 1 heterocycles. The minimum absolute atomic E-state index is 0. The summed E-state index contributed by atoms with van der Waals surface area (Å²) in [7, 11) is 7.21. The van der Waals surface area contributed by atoms with Crippen LogP contribution in [0.5, 0.6) is 0 Å². The first-order valence-corrected chi connectivity index (χ1v) is 19.0. The molecule has 0 aliphatic heterocycles. The van der Waals surface area contributed by atoms with Gasteiger partial charge in [0.2, 0.25) is 6.33 Å². The molecule has 0 spiro atoms. The van der Waals surface area contributed by atoms with E-state index in [4.69, 9.17) is 32.7 Å². The maximum atomic E-state index is 5.88. The molecule has 0 atom stereocenters. The number of benzene rings is 1. The molecule has 0 unspecified atom stereocenters. The first-order chi connectivity index (χ1) is 16.8. The van der Waals surface area contributed by atoms with Crippen molar-refractivity contribution in [2.24, 2.45) is 0 Å². The molecule has 2 rings (SSSR count). The first kappa shape index (κ1) is 37.9. The molecule has 9 heteroatoms. The van der Waals surface area contributed by atoms with Crippen molar-refractivity contribution >= 4 is 28.2 Å². The van der Waals surface area contributed by atoms with Gasteiger partial charge in [0.05, 0.1) is 13.1 Å². The number of halogens is 2. The summed E-state index contributed by atoms with van der Waals surface area (Å²) in [6.45, 7) is 18.6. The number of imidazole rings is 1. The van der Waals surface area contributed by atoms with Gasteiger partial charge in [-0.1, -0.05) is 57.0 Å². The minimum atomic E-state index is -2.50. The second-order valence-electron chi connectivity index (χ2n) is 8.34. The number of hydrogen-bond donors (Lipinski definition) is 0. The zero-order chi connectivity index (χ0) is 26.5. The molecule has 0 amide bonds. The van der Waals surface area contributed by atoms with Crippen molar-refractivity contribution in [1.29, 1.82) is 0 Å². The molecule has 210 valence electrons. The van der Waals surface area contributed by atoms with E-state index in [0.717, 1.165) is 25.6 Å². The molecule has 1 aromatic heterocycles. The zero-order valence-electron chi connectivity index (χ0n) is 23.6. The van der Waals surface area contributed by atoms with E-state index in [1.165, 1.54) is 24.0 Å². The Hall–Kier alpha value is -0.270. The summed E-state index contributed by atoms with van der Waals surface area (Å²) in [5.74, 6) is 0.653. The Balaban J connectivity index is 0. The Bertz CT molecular complexity index is 732. The van der Waals surface area contributed by atoms with Gasteiger partial charge in [0.25, 0.3) is 0 Å². The van der Waals surface area contributed by atoms with Crippen molar-refractivity contribution in [3.63, 3.8) is 0 Å². The molecule has 0 radical (unpaired) electrons. The van der Waals surface area contributed by atoms with Crippen LogP contribution in [-0.2, 0) is 41.5 Å². The van der Waals surface area contributed by atoms with E-state index in [2.05, 4.69) is 79.8 Å². The maximum absolute atomic E-state index is 5.88. The van der Waals surface area contributed by atoms with Gasteiger partial charge in [-0.2, -0.15) is 0 Å². The van der Waals surface area contributed by atoms with Crippen LogP contribution in [0.4, 0.5) is 0 Å². The van der Waals surface area contributed by atoms with Gasteiger partial charge in [-0.3, -0.25) is 0 Å². The Morgan fingerprint density at radius 1 is 0.972 bits per heavy atom. The molecule has 2 aromatic rings. The molecule has 0 saturated carbocycles. The number of hydrogen-bond acceptors (Lipinski definition) is 3. The fraction of sp³-hybridized carbons (Fsp3) is 0.630. The molecular weight excluding hydrogens is 600 g/mol. The third-order valence-electron chi connectivity index (χ3n) is 5.15. The van der Waals surface area contributed by atoms with Crippen molar-refractivity contribution in [1.82, 2.24) is 4.57 Å². The van der Waals surface area contributed by atoms with E-state index in [9.17, 15) is 0 Å². The first-order valence-electron chi connectivity index (χ1n) is 12.6. The van der Waals surface area contributed by atoms with Crippen LogP contribution in [0.15, 0.2) is 36.7 Å². The number of nitrogens with zero attached hydrogens (tertiary/aromatic N) is 2. The van der Waals surface area contributed by atoms with E-state index >= 15 is 0 Å². The van der Waals surface area contributed by atoms with Crippen molar-refractivity contribution in [2.45, 2.75) is 92.8 Å². The van der Waals surface area contributed by atoms with Gasteiger partial charge in [-0.05, 0) is 64.4 Å². The van der Waals surface area contributed by atoms with E-state index in [-0.39, 0.29) is 22.6 Å². The second kappa shape index (κ2) is 23.8. The molecule has 0 aliphatic rings. The number of aryl methyl sites for hydroxylation is 3. The van der Waals surface area contributed by atoms with Gasteiger partial charge in [0.1, 0.15) is 0 Å². The molecule has 0 aliphatic carbocycles. The molecule has 1 aromatic carbocycles. The summed E-state index contributed by atoms with van der Waals surface area (Å²) < 4.78 is 21.9. The van der Waals surface area contributed by atoms with Crippen molar-refractivity contribution in [3.8, 4) is 0 Å². The summed E-state index contributed by atoms with van der Waals surface area (Å²) in [6.07, 6.45) is 10.9. The van der Waals surface area contributed by atoms with Gasteiger partial charge < -0.3 is 29.8 Å². The standard InChI is InChI=1S/C16H32N2O3Si.C10H14.CH3.2ClH.Ru/c1-5-9-11-17-13-14-18(16-17)12-10-15-22(19-6-2,20-7-3)21-8-4;1-8(2)10-6-4-9(3)5-7-10;;;;/h13-14H,5-12,15H2,1-4H3;4-8H,1-3H3;1H3;2*1H;/q;;-1;;;+4/p-2. The molecule has 0 fully saturated rings. The number of aromatic nitrogens is 2. The third-order valence-corrected chi connectivity index (χ3v) is 8.31. The quantitative estimate of drug-likeness (QED) is 0.119. The molecule has 36 heavy (non-hydrogen) atoms. The van der Waals surface area contributed by atoms with E-state index < -0.39 is 8.80 Å². The normalized spacial score (nSPS) is 10.7. The second-order valence-corrected chi connectivity index (χ2v) is 13.7. The van der Waals surface area contributed by atoms with Crippen LogP contribution in [0.25, 0.3) is 0 Å². The number of unbranched alkanes of at least 4 members (excludes halogenated alkanes) is 1. The average Bonchev–Trinajstić information content (AvgIpc) is 3.27. The Morgan fingerprint density at radius 3 is 1.94 bits per heavy atom. The average molecular weight is 650 g/mol. The van der Waals surface area contributed by atoms with Gasteiger partial charge in [0.15, 0.2) is 0 Å². The molecular formula is C27H49Cl2N2O3RuSi+. The Morgan fingerprint density at radius 2 is 1.50 bits per heavy atom. The van der Waals surface area contributed by atoms with Gasteiger partial charge in [0, 0.05) is 25.9 Å². The Kier molecular flexibility index (Phi) is 25.1. The predicted molar refractivity (Wildman–Crippen MR) is 152 cm³/mol. The summed E-state index contributed by atoms with van der Waals surface area (Å²) in [5, 5.41) is 0. The fourth-order valence-electron chi connectivity index (χ4n) is 3.39. The summed E-state index contributed by atoms with van der Waals surface area (Å²) in [5.41, 5.74) is 2.76. The van der Waals surface area contributed by atoms with Crippen LogP contribution in [0.2, 0.25) is 6.04 Å². The molecule has 0 N–H and O–H groups in total. The molecule has 0 bridgehead atoms. The fourth-order valence-corrected chi connectivity index (χ4v) is 5.98. The van der Waals surface area contributed by atoms with Gasteiger partial charge in [-0.15, -0.1) is 0 Å². The van der Waals surface area contributed by atoms with Gasteiger partial charge in [-0.25, -0.2) is 0 Å². The number of rotatable bonds is 14. The van der Waals surface area contributed by atoms with Crippen LogP contribution in [0, 0.1) is 20.7 Å². The van der Waals surface area contributed by atoms with Gasteiger partial charge >= 0.3 is 43.3 Å². The molecule has 0 saturated heterocycles. The van der Waals surface area contributed by atoms with Crippen LogP contribution in [0.1, 0.15) is 77.8 Å². The summed E-state index contributed by atoms with van der Waals surface area (Å²) in [6, 6.07) is 9.56. The predicted octanol–water partition coefficient (Wildman–Crippen LogP) is 7.76. The van der Waals surface area contributed by atoms with E-state index in [1.54, 1.807) is 0 Å². The zero-order valence-corrected chi connectivity index (χ0v) is 27.9. The topological polar surface area (TPSA) is 36.5 Å². The SMILES string of the molecule is CCCC[n+]1[c-]n(CCC[Si](OCC)(OCC)OCC)cc1.Cc1ccc(C(C)C)cc1.[CH3-].[Cl][Ru+2][Cl]. The van der Waals surface area contributed by atoms with E-state index in [1.807, 2.05) is 20.8 Å². The van der Waals surface area contributed by atoms with Crippen LogP contribution in [0.3, 0.4) is 0 Å². The molecule has 5 nitrogen and oxygen atoms in total. The van der Waals surface area contributed by atoms with Crippen molar-refractivity contribution < 1.29 is 33.0 Å². The van der Waals surface area contributed by atoms with Crippen LogP contribution >= 0.6 is 19.4 Å².